The fraction of sp³-hybridized carbons (Fsp3) is 0.278. The molecule has 1 aliphatic carbocycles. The molecule has 0 unspecified atom stereocenters. The van der Waals surface area contributed by atoms with E-state index in [4.69, 9.17) is 16.3 Å². The number of benzene rings is 2. The predicted octanol–water partition coefficient (Wildman–Crippen LogP) is 3.57. The Kier molecular flexibility index (Phi) is 4.34. The number of carbonyl (C=O) groups excluding carboxylic acids is 1. The molecule has 0 aromatic heterocycles. The van der Waals surface area contributed by atoms with Crippen LogP contribution in [0.4, 0.5) is 0 Å². The Bertz CT molecular complexity index is 636. The van der Waals surface area contributed by atoms with Crippen molar-refractivity contribution in [3.05, 3.63) is 65.2 Å². The molecule has 1 aliphatic rings. The fourth-order valence-corrected chi connectivity index (χ4v) is 2.63. The van der Waals surface area contributed by atoms with Crippen molar-refractivity contribution in [2.45, 2.75) is 18.3 Å². The number of carbonyl (C=O) groups is 1. The number of rotatable bonds is 6. The minimum atomic E-state index is -0.0999. The SMILES string of the molecule is O=C(COc1ccc(Cl)cc1)NCC1(c2ccccc2)CC1. The third-order valence-corrected chi connectivity index (χ3v) is 4.30. The van der Waals surface area contributed by atoms with Crippen LogP contribution >= 0.6 is 11.6 Å². The van der Waals surface area contributed by atoms with Gasteiger partial charge in [-0.05, 0) is 42.7 Å². The Morgan fingerprint density at radius 1 is 1.09 bits per heavy atom. The van der Waals surface area contributed by atoms with Crippen LogP contribution in [0.3, 0.4) is 0 Å². The van der Waals surface area contributed by atoms with Crippen LogP contribution in [0.5, 0.6) is 5.75 Å². The minimum Gasteiger partial charge on any atom is -0.484 e. The first-order valence-corrected chi connectivity index (χ1v) is 7.76. The zero-order valence-electron chi connectivity index (χ0n) is 12.2. The summed E-state index contributed by atoms with van der Waals surface area (Å²) in [6.45, 7) is 0.687. The molecule has 3 rings (SSSR count). The largest absolute Gasteiger partial charge is 0.484 e. The quantitative estimate of drug-likeness (QED) is 0.885. The van der Waals surface area contributed by atoms with Crippen molar-refractivity contribution < 1.29 is 9.53 Å². The molecule has 3 nitrogen and oxygen atoms in total. The van der Waals surface area contributed by atoms with E-state index in [1.807, 2.05) is 18.2 Å². The predicted molar refractivity (Wildman–Crippen MR) is 87.3 cm³/mol. The molecule has 1 fully saturated rings. The van der Waals surface area contributed by atoms with Gasteiger partial charge < -0.3 is 10.1 Å². The molecule has 2 aromatic carbocycles. The van der Waals surface area contributed by atoms with E-state index < -0.39 is 0 Å². The zero-order valence-corrected chi connectivity index (χ0v) is 13.0. The second-order valence-corrected chi connectivity index (χ2v) is 6.10. The van der Waals surface area contributed by atoms with E-state index in [0.29, 0.717) is 17.3 Å². The Morgan fingerprint density at radius 3 is 2.41 bits per heavy atom. The first kappa shape index (κ1) is 14.9. The van der Waals surface area contributed by atoms with Gasteiger partial charge in [0.05, 0.1) is 0 Å². The molecular weight excluding hydrogens is 298 g/mol. The first-order chi connectivity index (χ1) is 10.7. The number of halogens is 1. The summed E-state index contributed by atoms with van der Waals surface area (Å²) in [4.78, 5) is 11.9. The standard InChI is InChI=1S/C18H18ClNO2/c19-15-6-8-16(9-7-15)22-12-17(21)20-13-18(10-11-18)14-4-2-1-3-5-14/h1-9H,10-13H2,(H,20,21). The fourth-order valence-electron chi connectivity index (χ4n) is 2.51. The summed E-state index contributed by atoms with van der Waals surface area (Å²) in [5.74, 6) is 0.543. The number of amides is 1. The molecule has 0 atom stereocenters. The van der Waals surface area contributed by atoms with Gasteiger partial charge in [-0.15, -0.1) is 0 Å². The third kappa shape index (κ3) is 3.60. The molecule has 0 bridgehead atoms. The molecule has 1 saturated carbocycles. The van der Waals surface area contributed by atoms with Crippen LogP contribution < -0.4 is 10.1 Å². The van der Waals surface area contributed by atoms with E-state index in [9.17, 15) is 4.79 Å². The summed E-state index contributed by atoms with van der Waals surface area (Å²) in [7, 11) is 0. The number of ether oxygens (including phenoxy) is 1. The van der Waals surface area contributed by atoms with Gasteiger partial charge in [-0.25, -0.2) is 0 Å². The summed E-state index contributed by atoms with van der Waals surface area (Å²) < 4.78 is 5.44. The Hall–Kier alpha value is -2.00. The van der Waals surface area contributed by atoms with Gasteiger partial charge in [-0.3, -0.25) is 4.79 Å². The zero-order chi connectivity index (χ0) is 15.4. The molecule has 0 saturated heterocycles. The minimum absolute atomic E-state index is 0.0203. The molecule has 4 heteroatoms. The molecular formula is C18H18ClNO2. The molecule has 2 aromatic rings. The summed E-state index contributed by atoms with van der Waals surface area (Å²) in [5.41, 5.74) is 1.42. The Labute approximate surface area is 135 Å². The van der Waals surface area contributed by atoms with E-state index in [0.717, 1.165) is 12.8 Å². The van der Waals surface area contributed by atoms with Gasteiger partial charge in [0.1, 0.15) is 5.75 Å². The molecule has 114 valence electrons. The molecule has 1 amide bonds. The second kappa shape index (κ2) is 6.41. The van der Waals surface area contributed by atoms with Crippen molar-refractivity contribution in [3.63, 3.8) is 0 Å². The molecule has 0 heterocycles. The van der Waals surface area contributed by atoms with Gasteiger partial charge in [0.25, 0.3) is 5.91 Å². The average molecular weight is 316 g/mol. The molecule has 0 radical (unpaired) electrons. The lowest BCUT2D eigenvalue weighted by atomic mass is 9.96. The lowest BCUT2D eigenvalue weighted by Crippen LogP contribution is -2.35. The van der Waals surface area contributed by atoms with Gasteiger partial charge in [0, 0.05) is 17.0 Å². The van der Waals surface area contributed by atoms with Crippen molar-refractivity contribution in [2.75, 3.05) is 13.2 Å². The van der Waals surface area contributed by atoms with Crippen molar-refractivity contribution in [2.24, 2.45) is 0 Å². The van der Waals surface area contributed by atoms with E-state index >= 15 is 0 Å². The van der Waals surface area contributed by atoms with E-state index in [-0.39, 0.29) is 17.9 Å². The van der Waals surface area contributed by atoms with Crippen molar-refractivity contribution >= 4 is 17.5 Å². The summed E-state index contributed by atoms with van der Waals surface area (Å²) in [6.07, 6.45) is 2.24. The van der Waals surface area contributed by atoms with E-state index in [1.165, 1.54) is 5.56 Å². The third-order valence-electron chi connectivity index (χ3n) is 4.05. The van der Waals surface area contributed by atoms with Crippen LogP contribution in [0.1, 0.15) is 18.4 Å². The normalized spacial score (nSPS) is 15.1. The molecule has 0 aliphatic heterocycles. The number of nitrogens with one attached hydrogen (secondary N) is 1. The van der Waals surface area contributed by atoms with Crippen LogP contribution in [0.2, 0.25) is 5.02 Å². The molecule has 1 N–H and O–H groups in total. The summed E-state index contributed by atoms with van der Waals surface area (Å²) in [5, 5.41) is 3.62. The van der Waals surface area contributed by atoms with Gasteiger partial charge >= 0.3 is 0 Å². The highest BCUT2D eigenvalue weighted by molar-refractivity contribution is 6.30. The lowest BCUT2D eigenvalue weighted by molar-refractivity contribution is -0.123. The highest BCUT2D eigenvalue weighted by Crippen LogP contribution is 2.47. The van der Waals surface area contributed by atoms with Gasteiger partial charge in [0.15, 0.2) is 6.61 Å². The molecule has 0 spiro atoms. The number of hydrogen-bond acceptors (Lipinski definition) is 2. The summed E-state index contributed by atoms with van der Waals surface area (Å²) >= 11 is 5.80. The van der Waals surface area contributed by atoms with Crippen LogP contribution in [0, 0.1) is 0 Å². The van der Waals surface area contributed by atoms with Crippen LogP contribution in [0.25, 0.3) is 0 Å². The monoisotopic (exact) mass is 315 g/mol. The Balaban J connectivity index is 1.48. The van der Waals surface area contributed by atoms with Crippen molar-refractivity contribution in [3.8, 4) is 5.75 Å². The highest BCUT2D eigenvalue weighted by atomic mass is 35.5. The maximum atomic E-state index is 11.9. The number of hydrogen-bond donors (Lipinski definition) is 1. The maximum absolute atomic E-state index is 11.9. The highest BCUT2D eigenvalue weighted by Gasteiger charge is 2.44. The van der Waals surface area contributed by atoms with Crippen LogP contribution in [-0.4, -0.2) is 19.1 Å². The lowest BCUT2D eigenvalue weighted by Gasteiger charge is -2.16. The van der Waals surface area contributed by atoms with Gasteiger partial charge in [0.2, 0.25) is 0 Å². The second-order valence-electron chi connectivity index (χ2n) is 5.67. The molecule has 22 heavy (non-hydrogen) atoms. The topological polar surface area (TPSA) is 38.3 Å². The van der Waals surface area contributed by atoms with Gasteiger partial charge in [-0.2, -0.15) is 0 Å². The van der Waals surface area contributed by atoms with E-state index in [1.54, 1.807) is 24.3 Å². The van der Waals surface area contributed by atoms with Crippen LogP contribution in [-0.2, 0) is 10.2 Å². The smallest absolute Gasteiger partial charge is 0.257 e. The average Bonchev–Trinajstić information content (AvgIpc) is 3.34. The summed E-state index contributed by atoms with van der Waals surface area (Å²) in [6, 6.07) is 17.3. The first-order valence-electron chi connectivity index (χ1n) is 7.39. The van der Waals surface area contributed by atoms with Crippen LogP contribution in [0.15, 0.2) is 54.6 Å². The maximum Gasteiger partial charge on any atom is 0.257 e. The van der Waals surface area contributed by atoms with E-state index in [2.05, 4.69) is 17.4 Å². The Morgan fingerprint density at radius 2 is 1.77 bits per heavy atom. The van der Waals surface area contributed by atoms with Gasteiger partial charge in [-0.1, -0.05) is 41.9 Å². The van der Waals surface area contributed by atoms with Crippen molar-refractivity contribution in [1.82, 2.24) is 5.32 Å². The van der Waals surface area contributed by atoms with Crippen molar-refractivity contribution in [1.29, 1.82) is 0 Å².